The first kappa shape index (κ1) is 19.6. The van der Waals surface area contributed by atoms with Crippen molar-refractivity contribution in [1.82, 2.24) is 14.6 Å². The number of nitrogens with zero attached hydrogens (tertiary/aromatic N) is 3. The van der Waals surface area contributed by atoms with E-state index < -0.39 is 5.97 Å². The van der Waals surface area contributed by atoms with Crippen molar-refractivity contribution < 1.29 is 24.2 Å². The van der Waals surface area contributed by atoms with Gasteiger partial charge < -0.3 is 25.2 Å². The van der Waals surface area contributed by atoms with E-state index in [0.29, 0.717) is 23.6 Å². The summed E-state index contributed by atoms with van der Waals surface area (Å²) in [7, 11) is 3.11. The first-order chi connectivity index (χ1) is 14.5. The number of carboxylic acid groups (broad SMARTS) is 1. The van der Waals surface area contributed by atoms with E-state index in [0.717, 1.165) is 18.4 Å². The van der Waals surface area contributed by atoms with Gasteiger partial charge in [-0.25, -0.2) is 14.3 Å². The van der Waals surface area contributed by atoms with Crippen LogP contribution in [0.2, 0.25) is 0 Å². The number of methoxy groups -OCH3 is 2. The molecule has 1 amide bonds. The second kappa shape index (κ2) is 7.99. The van der Waals surface area contributed by atoms with Crippen molar-refractivity contribution in [1.29, 1.82) is 0 Å². The minimum Gasteiger partial charge on any atom is -0.492 e. The Morgan fingerprint density at radius 1 is 1.27 bits per heavy atom. The lowest BCUT2D eigenvalue weighted by Gasteiger charge is -2.15. The molecule has 0 saturated heterocycles. The van der Waals surface area contributed by atoms with E-state index in [-0.39, 0.29) is 28.9 Å². The Hall–Kier alpha value is -3.66. The highest BCUT2D eigenvalue weighted by atomic mass is 16.5. The molecular formula is C20H21N5O5. The summed E-state index contributed by atoms with van der Waals surface area (Å²) < 4.78 is 12.5. The molecule has 0 atom stereocenters. The normalized spacial score (nSPS) is 13.3. The largest absolute Gasteiger partial charge is 0.492 e. The van der Waals surface area contributed by atoms with Crippen LogP contribution in [0.4, 0.5) is 17.2 Å². The van der Waals surface area contributed by atoms with E-state index in [4.69, 9.17) is 9.47 Å². The number of rotatable bonds is 8. The molecule has 0 aromatic carbocycles. The molecule has 10 heteroatoms. The van der Waals surface area contributed by atoms with E-state index in [1.807, 2.05) is 0 Å². The fraction of sp³-hybridized carbons (Fsp3) is 0.300. The standard InChI is InChI=1S/C20H21N5O5/c1-29-10-12-8-22-25-6-5-14(18(30-2)17(12)25)23-15-7-16(21-9-13(15)20(27)28)24-19(26)11-3-4-11/h5-9,11H,3-4,10H2,1-2H3,(H,27,28)(H2,21,23,24,26). The van der Waals surface area contributed by atoms with Gasteiger partial charge in [-0.2, -0.15) is 5.10 Å². The minimum absolute atomic E-state index is 0.00549. The molecule has 0 aliphatic heterocycles. The van der Waals surface area contributed by atoms with Crippen LogP contribution in [0.3, 0.4) is 0 Å². The van der Waals surface area contributed by atoms with Gasteiger partial charge in [0.05, 0.1) is 31.3 Å². The van der Waals surface area contributed by atoms with E-state index >= 15 is 0 Å². The van der Waals surface area contributed by atoms with Crippen molar-refractivity contribution in [3.8, 4) is 5.75 Å². The zero-order valence-electron chi connectivity index (χ0n) is 16.5. The molecule has 10 nitrogen and oxygen atoms in total. The second-order valence-electron chi connectivity index (χ2n) is 6.97. The first-order valence-corrected chi connectivity index (χ1v) is 9.35. The molecule has 4 rings (SSSR count). The number of amides is 1. The van der Waals surface area contributed by atoms with E-state index in [1.54, 1.807) is 30.1 Å². The summed E-state index contributed by atoms with van der Waals surface area (Å²) in [6.45, 7) is 0.344. The Morgan fingerprint density at radius 3 is 2.73 bits per heavy atom. The highest BCUT2D eigenvalue weighted by Gasteiger charge is 2.30. The van der Waals surface area contributed by atoms with Crippen LogP contribution in [0.5, 0.6) is 5.75 Å². The smallest absolute Gasteiger partial charge is 0.339 e. The molecule has 0 bridgehead atoms. The number of hydrogen-bond donors (Lipinski definition) is 3. The minimum atomic E-state index is -1.14. The van der Waals surface area contributed by atoms with Gasteiger partial charge in [0.25, 0.3) is 0 Å². The maximum absolute atomic E-state index is 12.1. The van der Waals surface area contributed by atoms with E-state index in [9.17, 15) is 14.7 Å². The van der Waals surface area contributed by atoms with Gasteiger partial charge in [-0.15, -0.1) is 0 Å². The lowest BCUT2D eigenvalue weighted by molar-refractivity contribution is -0.117. The van der Waals surface area contributed by atoms with Crippen molar-refractivity contribution in [3.05, 3.63) is 41.9 Å². The number of carbonyl (C=O) groups excluding carboxylic acids is 1. The van der Waals surface area contributed by atoms with Gasteiger partial charge in [-0.1, -0.05) is 0 Å². The van der Waals surface area contributed by atoms with Crippen LogP contribution in [0, 0.1) is 5.92 Å². The number of ether oxygens (including phenoxy) is 2. The fourth-order valence-corrected chi connectivity index (χ4v) is 3.19. The number of anilines is 3. The summed E-state index contributed by atoms with van der Waals surface area (Å²) in [4.78, 5) is 27.8. The van der Waals surface area contributed by atoms with Crippen LogP contribution in [0.1, 0.15) is 28.8 Å². The third kappa shape index (κ3) is 3.77. The summed E-state index contributed by atoms with van der Waals surface area (Å²) in [5.41, 5.74) is 2.31. The van der Waals surface area contributed by atoms with Crippen molar-refractivity contribution in [3.63, 3.8) is 0 Å². The Labute approximate surface area is 171 Å². The number of pyridine rings is 2. The zero-order chi connectivity index (χ0) is 21.3. The van der Waals surface area contributed by atoms with Crippen LogP contribution >= 0.6 is 0 Å². The molecule has 3 aromatic heterocycles. The summed E-state index contributed by atoms with van der Waals surface area (Å²) in [6.07, 6.45) is 6.35. The number of nitrogens with one attached hydrogen (secondary N) is 2. The number of aromatic nitrogens is 3. The van der Waals surface area contributed by atoms with E-state index in [1.165, 1.54) is 19.4 Å². The van der Waals surface area contributed by atoms with Crippen molar-refractivity contribution in [2.75, 3.05) is 24.9 Å². The molecule has 3 heterocycles. The van der Waals surface area contributed by atoms with Gasteiger partial charge in [-0.05, 0) is 18.9 Å². The van der Waals surface area contributed by atoms with Gasteiger partial charge in [0.15, 0.2) is 5.75 Å². The van der Waals surface area contributed by atoms with E-state index in [2.05, 4.69) is 20.7 Å². The Balaban J connectivity index is 1.73. The summed E-state index contributed by atoms with van der Waals surface area (Å²) in [5, 5.41) is 19.7. The van der Waals surface area contributed by atoms with Gasteiger partial charge >= 0.3 is 5.97 Å². The number of fused-ring (bicyclic) bond motifs is 1. The molecule has 1 aliphatic carbocycles. The summed E-state index contributed by atoms with van der Waals surface area (Å²) in [5.74, 6) is -0.484. The van der Waals surface area contributed by atoms with Crippen LogP contribution in [0.15, 0.2) is 30.7 Å². The number of aromatic carboxylic acids is 1. The number of carbonyl (C=O) groups is 2. The summed E-state index contributed by atoms with van der Waals surface area (Å²) in [6, 6.07) is 3.23. The topological polar surface area (TPSA) is 127 Å². The average molecular weight is 411 g/mol. The number of carboxylic acids is 1. The van der Waals surface area contributed by atoms with Gasteiger partial charge in [-0.3, -0.25) is 4.79 Å². The first-order valence-electron chi connectivity index (χ1n) is 9.35. The Morgan fingerprint density at radius 2 is 2.07 bits per heavy atom. The van der Waals surface area contributed by atoms with Crippen molar-refractivity contribution >= 4 is 34.6 Å². The highest BCUT2D eigenvalue weighted by Crippen LogP contribution is 2.35. The average Bonchev–Trinajstić information content (AvgIpc) is 3.50. The third-order valence-electron chi connectivity index (χ3n) is 4.82. The van der Waals surface area contributed by atoms with Crippen LogP contribution in [0.25, 0.3) is 5.52 Å². The van der Waals surface area contributed by atoms with Gasteiger partial charge in [0.1, 0.15) is 16.9 Å². The van der Waals surface area contributed by atoms with Crippen LogP contribution in [-0.4, -0.2) is 45.8 Å². The molecule has 1 aliphatic rings. The monoisotopic (exact) mass is 411 g/mol. The van der Waals surface area contributed by atoms with Gasteiger partial charge in [0.2, 0.25) is 5.91 Å². The fourth-order valence-electron chi connectivity index (χ4n) is 3.19. The van der Waals surface area contributed by atoms with Crippen molar-refractivity contribution in [2.24, 2.45) is 5.92 Å². The lowest BCUT2D eigenvalue weighted by atomic mass is 10.2. The molecule has 30 heavy (non-hydrogen) atoms. The number of hydrogen-bond acceptors (Lipinski definition) is 7. The maximum Gasteiger partial charge on any atom is 0.339 e. The molecule has 3 aromatic rings. The molecule has 156 valence electrons. The Kier molecular flexibility index (Phi) is 5.23. The highest BCUT2D eigenvalue weighted by molar-refractivity contribution is 5.98. The van der Waals surface area contributed by atoms with Crippen LogP contribution in [-0.2, 0) is 16.1 Å². The zero-order valence-corrected chi connectivity index (χ0v) is 16.5. The molecule has 0 radical (unpaired) electrons. The summed E-state index contributed by atoms with van der Waals surface area (Å²) >= 11 is 0. The molecular weight excluding hydrogens is 390 g/mol. The predicted molar refractivity (Wildman–Crippen MR) is 108 cm³/mol. The molecule has 3 N–H and O–H groups in total. The van der Waals surface area contributed by atoms with Crippen molar-refractivity contribution in [2.45, 2.75) is 19.4 Å². The molecule has 1 saturated carbocycles. The quantitative estimate of drug-likeness (QED) is 0.516. The third-order valence-corrected chi connectivity index (χ3v) is 4.82. The van der Waals surface area contributed by atoms with Crippen LogP contribution < -0.4 is 15.4 Å². The molecule has 1 fully saturated rings. The second-order valence-corrected chi connectivity index (χ2v) is 6.97. The SMILES string of the molecule is COCc1cnn2ccc(Nc3cc(NC(=O)C4CC4)ncc3C(=O)O)c(OC)c12. The Bertz CT molecular complexity index is 1120. The maximum atomic E-state index is 12.1. The predicted octanol–water partition coefficient (Wildman–Crippen LogP) is 2.67. The molecule has 0 spiro atoms. The molecule has 0 unspecified atom stereocenters. The lowest BCUT2D eigenvalue weighted by Crippen LogP contribution is -2.15. The van der Waals surface area contributed by atoms with Gasteiger partial charge in [0, 0.05) is 37.1 Å².